The number of hydrogen-bond donors (Lipinski definition) is 1. The molecule has 5 heterocycles. The van der Waals surface area contributed by atoms with Crippen LogP contribution < -0.4 is 10.2 Å². The third-order valence-corrected chi connectivity index (χ3v) is 8.41. The molecule has 0 radical (unpaired) electrons. The van der Waals surface area contributed by atoms with Gasteiger partial charge in [-0.2, -0.15) is 15.5 Å². The van der Waals surface area contributed by atoms with Gasteiger partial charge in [0, 0.05) is 78.9 Å². The first-order chi connectivity index (χ1) is 19.4. The van der Waals surface area contributed by atoms with Gasteiger partial charge >= 0.3 is 0 Å². The quantitative estimate of drug-likeness (QED) is 0.347. The van der Waals surface area contributed by atoms with Crippen LogP contribution in [0.5, 0.6) is 0 Å². The van der Waals surface area contributed by atoms with E-state index in [9.17, 15) is 10.1 Å². The van der Waals surface area contributed by atoms with Crippen molar-refractivity contribution in [1.29, 1.82) is 5.26 Å². The number of benzene rings is 1. The number of carbonyl (C=O) groups is 1. The minimum Gasteiger partial charge on any atom is -0.356 e. The van der Waals surface area contributed by atoms with E-state index >= 15 is 0 Å². The Bertz CT molecular complexity index is 1800. The fraction of sp³-hybridized carbons (Fsp3) is 0.233. The van der Waals surface area contributed by atoms with Crippen LogP contribution in [-0.2, 0) is 7.05 Å². The number of carbonyl (C=O) groups excluding carboxylic acids is 1. The topological polar surface area (TPSA) is 104 Å². The first kappa shape index (κ1) is 24.4. The number of aromatic nitrogens is 5. The number of anilines is 1. The summed E-state index contributed by atoms with van der Waals surface area (Å²) >= 11 is 6.29. The van der Waals surface area contributed by atoms with Crippen molar-refractivity contribution in [1.82, 2.24) is 29.7 Å². The van der Waals surface area contributed by atoms with E-state index in [1.807, 2.05) is 63.0 Å². The number of piperidine rings is 1. The average molecular weight is 549 g/mol. The van der Waals surface area contributed by atoms with Crippen molar-refractivity contribution in [3.63, 3.8) is 0 Å². The van der Waals surface area contributed by atoms with Crippen LogP contribution in [0.3, 0.4) is 0 Å². The molecule has 1 aromatic carbocycles. The first-order valence-corrected chi connectivity index (χ1v) is 13.5. The molecule has 1 aliphatic carbocycles. The summed E-state index contributed by atoms with van der Waals surface area (Å²) in [5.74, 6) is 1.59. The molecule has 4 aromatic heterocycles. The Morgan fingerprint density at radius 2 is 1.88 bits per heavy atom. The lowest BCUT2D eigenvalue weighted by atomic mass is 10.0. The minimum absolute atomic E-state index is 0.104. The zero-order valence-corrected chi connectivity index (χ0v) is 22.7. The molecule has 40 heavy (non-hydrogen) atoms. The lowest BCUT2D eigenvalue weighted by molar-refractivity contribution is 0.0946. The van der Waals surface area contributed by atoms with Gasteiger partial charge in [0.1, 0.15) is 11.9 Å². The number of pyridine rings is 2. The van der Waals surface area contributed by atoms with Crippen LogP contribution in [-0.4, -0.2) is 49.4 Å². The highest BCUT2D eigenvalue weighted by Gasteiger charge is 2.56. The summed E-state index contributed by atoms with van der Waals surface area (Å²) in [5, 5.41) is 22.1. The second-order valence-electron chi connectivity index (χ2n) is 10.6. The Hall–Kier alpha value is -4.68. The van der Waals surface area contributed by atoms with Crippen LogP contribution in [0.4, 0.5) is 5.82 Å². The van der Waals surface area contributed by atoms with Crippen molar-refractivity contribution < 1.29 is 4.79 Å². The number of rotatable bonds is 5. The molecule has 198 valence electrons. The second kappa shape index (κ2) is 9.21. The number of hydrogen-bond acceptors (Lipinski definition) is 6. The molecule has 2 aliphatic rings. The van der Waals surface area contributed by atoms with E-state index in [2.05, 4.69) is 32.5 Å². The van der Waals surface area contributed by atoms with Gasteiger partial charge in [0.25, 0.3) is 5.91 Å². The summed E-state index contributed by atoms with van der Waals surface area (Å²) in [6, 6.07) is 14.1. The van der Waals surface area contributed by atoms with Gasteiger partial charge in [-0.05, 0) is 36.8 Å². The highest BCUT2D eigenvalue weighted by Crippen LogP contribution is 2.47. The molecule has 1 aliphatic heterocycles. The first-order valence-electron chi connectivity index (χ1n) is 13.1. The highest BCUT2D eigenvalue weighted by molar-refractivity contribution is 6.34. The van der Waals surface area contributed by atoms with E-state index in [1.165, 1.54) is 0 Å². The smallest absolute Gasteiger partial charge is 0.253 e. The zero-order chi connectivity index (χ0) is 27.5. The number of amides is 1. The van der Waals surface area contributed by atoms with Crippen LogP contribution in [0.1, 0.15) is 21.5 Å². The van der Waals surface area contributed by atoms with Gasteiger partial charge in [-0.25, -0.2) is 9.50 Å². The van der Waals surface area contributed by atoms with Crippen LogP contribution in [0.25, 0.3) is 27.8 Å². The van der Waals surface area contributed by atoms with Gasteiger partial charge in [0.05, 0.1) is 34.1 Å². The van der Waals surface area contributed by atoms with Crippen LogP contribution in [0.2, 0.25) is 5.02 Å². The van der Waals surface area contributed by atoms with Crippen LogP contribution in [0, 0.1) is 30.1 Å². The molecular weight excluding hydrogens is 524 g/mol. The molecule has 0 unspecified atom stereocenters. The third kappa shape index (κ3) is 4.00. The van der Waals surface area contributed by atoms with Crippen molar-refractivity contribution >= 4 is 28.8 Å². The standard InChI is InChI=1S/C30H25ClN8O/c1-17-4-3-5-25(31)27(17)30(40)36-28-23-15-38(16-24(23)28)26-7-6-18(10-33-26)22-8-19(21-12-34-37(2)13-21)14-39-29(22)20(9-32)11-35-39/h3-8,10-14,23-24,28H,15-16H2,1-2H3,(H,36,40)/t23-,24+,28+. The van der Waals surface area contributed by atoms with Crippen molar-refractivity contribution in [3.8, 4) is 28.3 Å². The summed E-state index contributed by atoms with van der Waals surface area (Å²) in [6.07, 6.45) is 9.12. The average Bonchev–Trinajstić information content (AvgIpc) is 3.40. The SMILES string of the molecule is Cc1cccc(Cl)c1C(=O)N[C@H]1[C@@H]2CN(c3ccc(-c4cc(-c5cnn(C)c5)cn5ncc(C#N)c45)cn3)C[C@@H]21. The molecular formula is C30H25ClN8O. The van der Waals surface area contributed by atoms with E-state index in [0.717, 1.165) is 52.2 Å². The monoisotopic (exact) mass is 548 g/mol. The van der Waals surface area contributed by atoms with E-state index in [4.69, 9.17) is 16.6 Å². The summed E-state index contributed by atoms with van der Waals surface area (Å²) in [7, 11) is 1.88. The number of aryl methyl sites for hydroxylation is 2. The van der Waals surface area contributed by atoms with Crippen molar-refractivity contribution in [3.05, 3.63) is 89.1 Å². The molecule has 1 amide bonds. The number of fused-ring (bicyclic) bond motifs is 2. The predicted octanol–water partition coefficient (Wildman–Crippen LogP) is 4.49. The maximum Gasteiger partial charge on any atom is 0.253 e. The second-order valence-corrected chi connectivity index (χ2v) is 11.0. The third-order valence-electron chi connectivity index (χ3n) is 8.09. The van der Waals surface area contributed by atoms with Crippen molar-refractivity contribution in [2.75, 3.05) is 18.0 Å². The maximum absolute atomic E-state index is 12.9. The van der Waals surface area contributed by atoms with Gasteiger partial charge < -0.3 is 10.2 Å². The van der Waals surface area contributed by atoms with Gasteiger partial charge in [-0.3, -0.25) is 9.48 Å². The Morgan fingerprint density at radius 1 is 1.05 bits per heavy atom. The summed E-state index contributed by atoms with van der Waals surface area (Å²) < 4.78 is 3.50. The van der Waals surface area contributed by atoms with Crippen molar-refractivity contribution in [2.45, 2.75) is 13.0 Å². The summed E-state index contributed by atoms with van der Waals surface area (Å²) in [6.45, 7) is 3.58. The van der Waals surface area contributed by atoms with Crippen LogP contribution >= 0.6 is 11.6 Å². The minimum atomic E-state index is -0.104. The number of nitrogens with one attached hydrogen (secondary N) is 1. The Labute approximate surface area is 235 Å². The van der Waals surface area contributed by atoms with Gasteiger partial charge in [0.2, 0.25) is 0 Å². The van der Waals surface area contributed by atoms with Gasteiger partial charge in [-0.1, -0.05) is 23.7 Å². The van der Waals surface area contributed by atoms with E-state index in [0.29, 0.717) is 28.0 Å². The molecule has 0 bridgehead atoms. The van der Waals surface area contributed by atoms with Crippen LogP contribution in [0.15, 0.2) is 67.4 Å². The molecule has 9 nitrogen and oxygen atoms in total. The zero-order valence-electron chi connectivity index (χ0n) is 21.9. The maximum atomic E-state index is 12.9. The fourth-order valence-corrected chi connectivity index (χ4v) is 6.26. The largest absolute Gasteiger partial charge is 0.356 e. The van der Waals surface area contributed by atoms with Gasteiger partial charge in [-0.15, -0.1) is 0 Å². The summed E-state index contributed by atoms with van der Waals surface area (Å²) in [5.41, 5.74) is 6.40. The summed E-state index contributed by atoms with van der Waals surface area (Å²) in [4.78, 5) is 19.9. The number of nitriles is 1. The normalized spacial score (nSPS) is 19.4. The van der Waals surface area contributed by atoms with Gasteiger partial charge in [0.15, 0.2) is 0 Å². The molecule has 2 fully saturated rings. The van der Waals surface area contributed by atoms with E-state index in [1.54, 1.807) is 21.5 Å². The number of halogens is 1. The molecule has 0 spiro atoms. The molecule has 1 saturated heterocycles. The van der Waals surface area contributed by atoms with Crippen molar-refractivity contribution in [2.24, 2.45) is 18.9 Å². The molecule has 7 rings (SSSR count). The Morgan fingerprint density at radius 3 is 2.55 bits per heavy atom. The molecule has 10 heteroatoms. The number of nitrogens with zero attached hydrogens (tertiary/aromatic N) is 7. The molecule has 3 atom stereocenters. The molecule has 1 saturated carbocycles. The van der Waals surface area contributed by atoms with E-state index < -0.39 is 0 Å². The molecule has 1 N–H and O–H groups in total. The predicted molar refractivity (Wildman–Crippen MR) is 152 cm³/mol. The lowest BCUT2D eigenvalue weighted by Crippen LogP contribution is -2.35. The lowest BCUT2D eigenvalue weighted by Gasteiger charge is -2.22. The highest BCUT2D eigenvalue weighted by atomic mass is 35.5. The molecule has 5 aromatic rings. The fourth-order valence-electron chi connectivity index (χ4n) is 5.95. The Balaban J connectivity index is 1.10. The Kier molecular flexibility index (Phi) is 5.61. The van der Waals surface area contributed by atoms with E-state index in [-0.39, 0.29) is 11.9 Å².